The largest absolute Gasteiger partial charge is 0.338 e. The van der Waals surface area contributed by atoms with E-state index in [0.29, 0.717) is 12.6 Å². The minimum Gasteiger partial charge on any atom is -0.338 e. The Morgan fingerprint density at radius 2 is 1.97 bits per heavy atom. The van der Waals surface area contributed by atoms with E-state index < -0.39 is 0 Å². The second-order valence-corrected chi connectivity index (χ2v) is 10.1. The Morgan fingerprint density at radius 1 is 1.09 bits per heavy atom. The predicted octanol–water partition coefficient (Wildman–Crippen LogP) is 3.15. The van der Waals surface area contributed by atoms with Gasteiger partial charge in [-0.1, -0.05) is 6.07 Å². The van der Waals surface area contributed by atoms with Crippen molar-refractivity contribution in [3.8, 4) is 11.1 Å². The highest BCUT2D eigenvalue weighted by atomic mass is 16.2. The number of carbonyl (C=O) groups is 1. The lowest BCUT2D eigenvalue weighted by atomic mass is 9.96. The summed E-state index contributed by atoms with van der Waals surface area (Å²) in [5.74, 6) is 1.19. The first-order valence-electron chi connectivity index (χ1n) is 12.4. The highest BCUT2D eigenvalue weighted by Crippen LogP contribution is 2.40. The SMILES string of the molecule is CC(=O)N1CCc2c(c(N3CCCc4cc(-c5cnn(C)c5)ccc43)nn2C2CCN(C)C2)C1. The summed E-state index contributed by atoms with van der Waals surface area (Å²) in [5.41, 5.74) is 7.52. The summed E-state index contributed by atoms with van der Waals surface area (Å²) in [6, 6.07) is 7.17. The number of hydrogen-bond donors (Lipinski definition) is 0. The molecule has 0 saturated carbocycles. The third kappa shape index (κ3) is 3.60. The summed E-state index contributed by atoms with van der Waals surface area (Å²) >= 11 is 0. The summed E-state index contributed by atoms with van der Waals surface area (Å²) in [7, 11) is 4.14. The Hall–Kier alpha value is -3.13. The Labute approximate surface area is 200 Å². The molecule has 3 aromatic rings. The van der Waals surface area contributed by atoms with E-state index in [1.807, 2.05) is 22.8 Å². The van der Waals surface area contributed by atoms with Crippen molar-refractivity contribution < 1.29 is 4.79 Å². The molecular formula is C26H33N7O. The zero-order chi connectivity index (χ0) is 23.4. The molecule has 6 rings (SSSR count). The number of nitrogens with zero attached hydrogens (tertiary/aromatic N) is 7. The van der Waals surface area contributed by atoms with Crippen LogP contribution in [0.3, 0.4) is 0 Å². The van der Waals surface area contributed by atoms with Crippen molar-refractivity contribution in [1.29, 1.82) is 0 Å². The van der Waals surface area contributed by atoms with E-state index in [0.717, 1.165) is 63.2 Å². The minimum atomic E-state index is 0.144. The fraction of sp³-hybridized carbons (Fsp3) is 0.500. The number of carbonyl (C=O) groups excluding carboxylic acids is 1. The number of likely N-dealkylation sites (N-methyl/N-ethyl adjacent to an activating group) is 1. The highest BCUT2D eigenvalue weighted by molar-refractivity contribution is 5.76. The molecule has 34 heavy (non-hydrogen) atoms. The summed E-state index contributed by atoms with van der Waals surface area (Å²) in [5, 5.41) is 9.61. The van der Waals surface area contributed by atoms with Gasteiger partial charge in [0.1, 0.15) is 0 Å². The van der Waals surface area contributed by atoms with E-state index >= 15 is 0 Å². The fourth-order valence-electron chi connectivity index (χ4n) is 5.89. The second-order valence-electron chi connectivity index (χ2n) is 10.1. The number of amides is 1. The molecule has 1 amide bonds. The van der Waals surface area contributed by atoms with Crippen molar-refractivity contribution in [2.24, 2.45) is 7.05 Å². The molecule has 8 nitrogen and oxygen atoms in total. The molecule has 0 radical (unpaired) electrons. The van der Waals surface area contributed by atoms with Gasteiger partial charge >= 0.3 is 0 Å². The van der Waals surface area contributed by atoms with E-state index in [1.54, 1.807) is 6.92 Å². The monoisotopic (exact) mass is 459 g/mol. The molecular weight excluding hydrogens is 426 g/mol. The van der Waals surface area contributed by atoms with Crippen molar-refractivity contribution in [1.82, 2.24) is 29.4 Å². The molecule has 3 aliphatic rings. The normalized spacial score (nSPS) is 20.5. The zero-order valence-electron chi connectivity index (χ0n) is 20.4. The van der Waals surface area contributed by atoms with Crippen LogP contribution in [0.4, 0.5) is 11.5 Å². The van der Waals surface area contributed by atoms with Crippen LogP contribution in [0.2, 0.25) is 0 Å². The second kappa shape index (κ2) is 8.27. The van der Waals surface area contributed by atoms with Gasteiger partial charge < -0.3 is 14.7 Å². The Kier molecular flexibility index (Phi) is 5.21. The molecule has 0 aliphatic carbocycles. The van der Waals surface area contributed by atoms with E-state index in [9.17, 15) is 4.79 Å². The summed E-state index contributed by atoms with van der Waals surface area (Å²) in [4.78, 5) is 19.0. The fourth-order valence-corrected chi connectivity index (χ4v) is 5.89. The first-order valence-corrected chi connectivity index (χ1v) is 12.4. The van der Waals surface area contributed by atoms with Gasteiger partial charge in [-0.25, -0.2) is 0 Å². The van der Waals surface area contributed by atoms with Crippen LogP contribution in [-0.4, -0.2) is 68.5 Å². The number of likely N-dealkylation sites (tertiary alicyclic amines) is 1. The summed E-state index contributed by atoms with van der Waals surface area (Å²) < 4.78 is 4.16. The van der Waals surface area contributed by atoms with Crippen LogP contribution < -0.4 is 4.90 Å². The lowest BCUT2D eigenvalue weighted by molar-refractivity contribution is -0.129. The maximum Gasteiger partial charge on any atom is 0.219 e. The van der Waals surface area contributed by atoms with Gasteiger partial charge in [-0.3, -0.25) is 14.2 Å². The molecule has 8 heteroatoms. The standard InChI is InChI=1S/C26H33N7O/c1-18(34)31-12-9-25-23(17-31)26(28-33(25)22-8-11-29(2)16-22)32-10-4-5-20-13-19(6-7-24(20)32)21-14-27-30(3)15-21/h6-7,13-15,22H,4-5,8-12,16-17H2,1-3H3. The number of anilines is 2. The first-order chi connectivity index (χ1) is 16.5. The van der Waals surface area contributed by atoms with Crippen LogP contribution >= 0.6 is 0 Å². The highest BCUT2D eigenvalue weighted by Gasteiger charge is 2.34. The van der Waals surface area contributed by atoms with Gasteiger partial charge in [0.2, 0.25) is 5.91 Å². The van der Waals surface area contributed by atoms with Gasteiger partial charge in [0.05, 0.1) is 18.8 Å². The summed E-state index contributed by atoms with van der Waals surface area (Å²) in [6.45, 7) is 6.21. The minimum absolute atomic E-state index is 0.144. The van der Waals surface area contributed by atoms with Crippen LogP contribution in [0.25, 0.3) is 11.1 Å². The smallest absolute Gasteiger partial charge is 0.219 e. The van der Waals surface area contributed by atoms with Gasteiger partial charge in [0.15, 0.2) is 5.82 Å². The Balaban J connectivity index is 1.41. The van der Waals surface area contributed by atoms with E-state index in [1.165, 1.54) is 28.1 Å². The number of fused-ring (bicyclic) bond motifs is 2. The zero-order valence-corrected chi connectivity index (χ0v) is 20.4. The maximum absolute atomic E-state index is 12.2. The van der Waals surface area contributed by atoms with Gasteiger partial charge in [-0.05, 0) is 56.1 Å². The number of benzene rings is 1. The molecule has 2 aromatic heterocycles. The van der Waals surface area contributed by atoms with Crippen molar-refractivity contribution in [2.75, 3.05) is 38.1 Å². The third-order valence-corrected chi connectivity index (χ3v) is 7.71. The Morgan fingerprint density at radius 3 is 2.71 bits per heavy atom. The van der Waals surface area contributed by atoms with Gasteiger partial charge in [0, 0.05) is 68.7 Å². The van der Waals surface area contributed by atoms with Gasteiger partial charge in [0.25, 0.3) is 0 Å². The summed E-state index contributed by atoms with van der Waals surface area (Å²) in [6.07, 6.45) is 8.16. The molecule has 0 spiro atoms. The van der Waals surface area contributed by atoms with Crippen LogP contribution in [0.15, 0.2) is 30.6 Å². The molecule has 0 N–H and O–H groups in total. The van der Waals surface area contributed by atoms with Crippen LogP contribution in [0.5, 0.6) is 0 Å². The number of aryl methyl sites for hydroxylation is 2. The topological polar surface area (TPSA) is 62.4 Å². The molecule has 3 aliphatic heterocycles. The third-order valence-electron chi connectivity index (χ3n) is 7.71. The molecule has 5 heterocycles. The molecule has 1 saturated heterocycles. The van der Waals surface area contributed by atoms with Crippen LogP contribution in [0.1, 0.15) is 42.6 Å². The number of aromatic nitrogens is 4. The van der Waals surface area contributed by atoms with Crippen molar-refractivity contribution in [3.63, 3.8) is 0 Å². The predicted molar refractivity (Wildman–Crippen MR) is 132 cm³/mol. The van der Waals surface area contributed by atoms with Crippen molar-refractivity contribution in [3.05, 3.63) is 47.4 Å². The molecule has 178 valence electrons. The molecule has 1 atom stereocenters. The lowest BCUT2D eigenvalue weighted by Crippen LogP contribution is -2.35. The van der Waals surface area contributed by atoms with Crippen molar-refractivity contribution >= 4 is 17.4 Å². The average molecular weight is 460 g/mol. The van der Waals surface area contributed by atoms with E-state index in [4.69, 9.17) is 5.10 Å². The quantitative estimate of drug-likeness (QED) is 0.602. The lowest BCUT2D eigenvalue weighted by Gasteiger charge is -2.32. The van der Waals surface area contributed by atoms with Crippen LogP contribution in [-0.2, 0) is 31.2 Å². The molecule has 1 unspecified atom stereocenters. The average Bonchev–Trinajstić information content (AvgIpc) is 3.56. The van der Waals surface area contributed by atoms with Gasteiger partial charge in [-0.15, -0.1) is 0 Å². The number of hydrogen-bond acceptors (Lipinski definition) is 5. The number of rotatable bonds is 3. The Bertz CT molecular complexity index is 1240. The maximum atomic E-state index is 12.2. The first kappa shape index (κ1) is 21.4. The van der Waals surface area contributed by atoms with Crippen molar-refractivity contribution in [2.45, 2.75) is 45.2 Å². The molecule has 1 aromatic carbocycles. The van der Waals surface area contributed by atoms with E-state index in [2.05, 4.69) is 51.0 Å². The molecule has 1 fully saturated rings. The van der Waals surface area contributed by atoms with Crippen LogP contribution in [0, 0.1) is 0 Å². The van der Waals surface area contributed by atoms with Gasteiger partial charge in [-0.2, -0.15) is 10.2 Å². The van der Waals surface area contributed by atoms with E-state index in [-0.39, 0.29) is 5.91 Å². The molecule has 0 bridgehead atoms.